The number of carbonyl (C=O) groups excluding carboxylic acids is 1. The van der Waals surface area contributed by atoms with Crippen LogP contribution in [0.1, 0.15) is 27.4 Å². The zero-order chi connectivity index (χ0) is 20.8. The summed E-state index contributed by atoms with van der Waals surface area (Å²) in [5.41, 5.74) is 4.38. The van der Waals surface area contributed by atoms with E-state index in [9.17, 15) is 9.59 Å². The van der Waals surface area contributed by atoms with Gasteiger partial charge in [-0.25, -0.2) is 4.68 Å². The number of aromatic amines is 1. The molecule has 4 aromatic rings. The normalized spacial score (nSPS) is 13.5. The van der Waals surface area contributed by atoms with Gasteiger partial charge in [0.2, 0.25) is 5.43 Å². The summed E-state index contributed by atoms with van der Waals surface area (Å²) in [5, 5.41) is 5.53. The Balaban J connectivity index is 1.52. The minimum atomic E-state index is -0.350. The van der Waals surface area contributed by atoms with Gasteiger partial charge in [0, 0.05) is 52.4 Å². The van der Waals surface area contributed by atoms with Crippen molar-refractivity contribution in [3.05, 3.63) is 91.9 Å². The monoisotopic (exact) mass is 462 g/mol. The van der Waals surface area contributed by atoms with Crippen LogP contribution in [0.2, 0.25) is 0 Å². The lowest BCUT2D eigenvalue weighted by molar-refractivity contribution is 0.0725. The molecule has 0 saturated heterocycles. The maximum Gasteiger partial charge on any atom is 0.278 e. The first kappa shape index (κ1) is 18.8. The number of nitrogens with one attached hydrogen (secondary N) is 1. The minimum absolute atomic E-state index is 0.0473. The maximum atomic E-state index is 13.3. The molecular weight excluding hydrogens is 444 g/mol. The molecule has 1 N–H and O–H groups in total. The molecule has 3 heterocycles. The summed E-state index contributed by atoms with van der Waals surface area (Å²) in [7, 11) is 0. The van der Waals surface area contributed by atoms with Crippen LogP contribution in [0, 0.1) is 6.92 Å². The Bertz CT molecular complexity index is 1340. The molecule has 30 heavy (non-hydrogen) atoms. The van der Waals surface area contributed by atoms with Gasteiger partial charge in [-0.3, -0.25) is 9.59 Å². The molecule has 0 radical (unpaired) electrons. The van der Waals surface area contributed by atoms with Crippen molar-refractivity contribution in [3.8, 4) is 5.69 Å². The average molecular weight is 463 g/mol. The first-order valence-electron chi connectivity index (χ1n) is 9.76. The van der Waals surface area contributed by atoms with Gasteiger partial charge in [0.1, 0.15) is 0 Å². The van der Waals surface area contributed by atoms with Gasteiger partial charge in [-0.15, -0.1) is 0 Å². The molecule has 1 aliphatic heterocycles. The molecule has 5 rings (SSSR count). The molecule has 2 aromatic heterocycles. The zero-order valence-corrected chi connectivity index (χ0v) is 17.9. The summed E-state index contributed by atoms with van der Waals surface area (Å²) in [6, 6.07) is 17.0. The second-order valence-corrected chi connectivity index (χ2v) is 8.32. The summed E-state index contributed by atoms with van der Waals surface area (Å²) in [6.07, 6.45) is 0.709. The second kappa shape index (κ2) is 7.25. The van der Waals surface area contributed by atoms with E-state index in [0.29, 0.717) is 25.2 Å². The summed E-state index contributed by atoms with van der Waals surface area (Å²) in [4.78, 5) is 31.1. The molecule has 0 aliphatic carbocycles. The van der Waals surface area contributed by atoms with Crippen molar-refractivity contribution in [1.82, 2.24) is 19.7 Å². The number of hydrogen-bond donors (Lipinski definition) is 1. The molecule has 2 aromatic carbocycles. The van der Waals surface area contributed by atoms with Crippen LogP contribution in [0.3, 0.4) is 0 Å². The van der Waals surface area contributed by atoms with Crippen LogP contribution < -0.4 is 5.43 Å². The number of para-hydroxylation sites is 2. The van der Waals surface area contributed by atoms with Crippen LogP contribution in [0.5, 0.6) is 0 Å². The fourth-order valence-electron chi connectivity index (χ4n) is 4.05. The first-order valence-corrected chi connectivity index (χ1v) is 10.6. The highest BCUT2D eigenvalue weighted by molar-refractivity contribution is 9.10. The van der Waals surface area contributed by atoms with Gasteiger partial charge < -0.3 is 9.88 Å². The molecular formula is C23H19BrN4O2. The fourth-order valence-corrected chi connectivity index (χ4v) is 4.52. The number of rotatable bonds is 2. The minimum Gasteiger partial charge on any atom is -0.357 e. The highest BCUT2D eigenvalue weighted by Crippen LogP contribution is 2.32. The molecule has 150 valence electrons. The predicted molar refractivity (Wildman–Crippen MR) is 119 cm³/mol. The molecule has 0 saturated carbocycles. The van der Waals surface area contributed by atoms with E-state index in [-0.39, 0.29) is 17.0 Å². The average Bonchev–Trinajstić information content (AvgIpc) is 3.13. The highest BCUT2D eigenvalue weighted by atomic mass is 79.9. The van der Waals surface area contributed by atoms with Crippen LogP contribution in [0.15, 0.2) is 63.9 Å². The number of aryl methyl sites for hydroxylation is 1. The van der Waals surface area contributed by atoms with E-state index in [1.807, 2.05) is 49.4 Å². The van der Waals surface area contributed by atoms with Gasteiger partial charge in [-0.2, -0.15) is 5.10 Å². The number of amides is 1. The number of benzene rings is 2. The van der Waals surface area contributed by atoms with E-state index in [0.717, 1.165) is 32.3 Å². The van der Waals surface area contributed by atoms with Crippen molar-refractivity contribution >= 4 is 32.7 Å². The predicted octanol–water partition coefficient (Wildman–Crippen LogP) is 3.98. The maximum absolute atomic E-state index is 13.3. The van der Waals surface area contributed by atoms with Gasteiger partial charge in [0.25, 0.3) is 5.91 Å². The van der Waals surface area contributed by atoms with Gasteiger partial charge in [0.05, 0.1) is 11.2 Å². The second-order valence-electron chi connectivity index (χ2n) is 7.47. The van der Waals surface area contributed by atoms with E-state index in [1.165, 1.54) is 6.07 Å². The van der Waals surface area contributed by atoms with Gasteiger partial charge >= 0.3 is 0 Å². The Hall–Kier alpha value is -3.19. The molecule has 1 amide bonds. The van der Waals surface area contributed by atoms with Crippen LogP contribution in [0.25, 0.3) is 16.6 Å². The van der Waals surface area contributed by atoms with Crippen LogP contribution in [0.4, 0.5) is 0 Å². The fraction of sp³-hybridized carbons (Fsp3) is 0.174. The quantitative estimate of drug-likeness (QED) is 0.489. The van der Waals surface area contributed by atoms with Crippen molar-refractivity contribution in [3.63, 3.8) is 0 Å². The Morgan fingerprint density at radius 1 is 1.13 bits per heavy atom. The Labute approximate surface area is 181 Å². The number of halogens is 1. The third-order valence-corrected chi connectivity index (χ3v) is 6.22. The van der Waals surface area contributed by atoms with Crippen molar-refractivity contribution in [2.24, 2.45) is 0 Å². The Morgan fingerprint density at radius 3 is 2.73 bits per heavy atom. The van der Waals surface area contributed by atoms with Crippen molar-refractivity contribution in [2.75, 3.05) is 6.54 Å². The number of H-pyrrole nitrogens is 1. The lowest BCUT2D eigenvalue weighted by atomic mass is 10.0. The summed E-state index contributed by atoms with van der Waals surface area (Å²) < 4.78 is 2.64. The van der Waals surface area contributed by atoms with E-state index >= 15 is 0 Å². The molecule has 0 atom stereocenters. The van der Waals surface area contributed by atoms with E-state index in [4.69, 9.17) is 0 Å². The van der Waals surface area contributed by atoms with E-state index < -0.39 is 0 Å². The number of aromatic nitrogens is 3. The molecule has 0 fully saturated rings. The van der Waals surface area contributed by atoms with Crippen LogP contribution in [-0.4, -0.2) is 32.1 Å². The number of nitrogens with zero attached hydrogens (tertiary/aromatic N) is 3. The molecule has 0 spiro atoms. The van der Waals surface area contributed by atoms with Gasteiger partial charge in [0.15, 0.2) is 5.69 Å². The molecule has 7 heteroatoms. The molecule has 0 bridgehead atoms. The third-order valence-electron chi connectivity index (χ3n) is 5.56. The molecule has 6 nitrogen and oxygen atoms in total. The Kier molecular flexibility index (Phi) is 4.55. The topological polar surface area (TPSA) is 71.0 Å². The third kappa shape index (κ3) is 3.06. The standard InChI is InChI=1S/C23H19BrN4O2/c1-14-12-20(29)22(26-28(14)15-6-3-2-4-7-15)23(30)27-11-10-19-17(13-27)16-8-5-9-18(24)21(16)25-19/h2-9,12,25H,10-11,13H2,1H3. The number of carbonyl (C=O) groups is 1. The number of fused-ring (bicyclic) bond motifs is 3. The van der Waals surface area contributed by atoms with E-state index in [2.05, 4.69) is 32.1 Å². The van der Waals surface area contributed by atoms with Crippen LogP contribution in [-0.2, 0) is 13.0 Å². The van der Waals surface area contributed by atoms with Crippen LogP contribution >= 0.6 is 15.9 Å². The summed E-state index contributed by atoms with van der Waals surface area (Å²) in [5.74, 6) is -0.334. The summed E-state index contributed by atoms with van der Waals surface area (Å²) in [6.45, 7) is 2.80. The molecule has 1 aliphatic rings. The lowest BCUT2D eigenvalue weighted by Gasteiger charge is -2.27. The largest absolute Gasteiger partial charge is 0.357 e. The van der Waals surface area contributed by atoms with Crippen molar-refractivity contribution < 1.29 is 4.79 Å². The first-order chi connectivity index (χ1) is 14.5. The lowest BCUT2D eigenvalue weighted by Crippen LogP contribution is -2.39. The number of hydrogen-bond acceptors (Lipinski definition) is 3. The summed E-state index contributed by atoms with van der Waals surface area (Å²) >= 11 is 3.58. The zero-order valence-electron chi connectivity index (χ0n) is 16.4. The van der Waals surface area contributed by atoms with Gasteiger partial charge in [-0.1, -0.05) is 30.3 Å². The van der Waals surface area contributed by atoms with Gasteiger partial charge in [-0.05, 0) is 41.1 Å². The van der Waals surface area contributed by atoms with Crippen molar-refractivity contribution in [2.45, 2.75) is 19.9 Å². The molecule has 0 unspecified atom stereocenters. The smallest absolute Gasteiger partial charge is 0.278 e. The SMILES string of the molecule is Cc1cc(=O)c(C(=O)N2CCc3[nH]c4c(Br)cccc4c3C2)nn1-c1ccccc1. The Morgan fingerprint density at radius 2 is 1.93 bits per heavy atom. The van der Waals surface area contributed by atoms with E-state index in [1.54, 1.807) is 9.58 Å². The van der Waals surface area contributed by atoms with Crippen molar-refractivity contribution in [1.29, 1.82) is 0 Å². The highest BCUT2D eigenvalue weighted by Gasteiger charge is 2.28.